The molecule has 0 amide bonds. The number of nitrogens with one attached hydrogen (secondary N) is 3. The van der Waals surface area contributed by atoms with Gasteiger partial charge in [-0.3, -0.25) is 0 Å². The van der Waals surface area contributed by atoms with Crippen molar-refractivity contribution >= 4 is 8.41 Å². The predicted molar refractivity (Wildman–Crippen MR) is 66.7 cm³/mol. The molecule has 0 aromatic carbocycles. The molecule has 7 N–H and O–H groups in total. The first-order valence-corrected chi connectivity index (χ1v) is 4.94. The largest absolute Gasteiger partial charge is 0.329 e. The minimum atomic E-state index is 0. The Hall–Kier alpha value is -0.135. The molecule has 0 rings (SSSR count). The number of rotatable bonds is 10. The zero-order valence-corrected chi connectivity index (χ0v) is 8.31. The SMILES string of the molecule is B.NCCNCCNCCNCCN. The molecule has 0 atom stereocenters. The normalized spacial score (nSPS) is 9.86. The summed E-state index contributed by atoms with van der Waals surface area (Å²) in [5, 5.41) is 9.71. The molecule has 0 radical (unpaired) electrons. The van der Waals surface area contributed by atoms with Crippen LogP contribution in [0.2, 0.25) is 0 Å². The van der Waals surface area contributed by atoms with Crippen LogP contribution in [0.1, 0.15) is 0 Å². The standard InChI is InChI=1S/C8H23N5.BH3/c9-1-3-11-5-7-13-8-6-12-4-2-10;/h11-13H,1-10H2;1H3. The van der Waals surface area contributed by atoms with Gasteiger partial charge in [0.05, 0.1) is 8.41 Å². The Labute approximate surface area is 88.9 Å². The Morgan fingerprint density at radius 2 is 0.857 bits per heavy atom. The highest BCUT2D eigenvalue weighted by Gasteiger charge is 1.87. The maximum Gasteiger partial charge on any atom is 0.0814 e. The second-order valence-corrected chi connectivity index (χ2v) is 2.83. The van der Waals surface area contributed by atoms with Crippen LogP contribution in [-0.2, 0) is 0 Å². The molecule has 0 aliphatic carbocycles. The smallest absolute Gasteiger partial charge is 0.0814 e. The van der Waals surface area contributed by atoms with Crippen LogP contribution in [0, 0.1) is 0 Å². The zero-order chi connectivity index (χ0) is 9.78. The summed E-state index contributed by atoms with van der Waals surface area (Å²) in [7, 11) is 0. The molecule has 0 aromatic rings. The third kappa shape index (κ3) is 14.4. The van der Waals surface area contributed by atoms with Crippen molar-refractivity contribution in [2.75, 3.05) is 52.4 Å². The van der Waals surface area contributed by atoms with Gasteiger partial charge in [0.2, 0.25) is 0 Å². The van der Waals surface area contributed by atoms with E-state index in [0.29, 0.717) is 13.1 Å². The van der Waals surface area contributed by atoms with Gasteiger partial charge in [-0.2, -0.15) is 0 Å². The fourth-order valence-electron chi connectivity index (χ4n) is 0.933. The molecule has 6 heteroatoms. The van der Waals surface area contributed by atoms with Crippen molar-refractivity contribution in [2.24, 2.45) is 11.5 Å². The number of nitrogens with two attached hydrogens (primary N) is 2. The number of hydrogen-bond donors (Lipinski definition) is 5. The van der Waals surface area contributed by atoms with Gasteiger partial charge in [-0.15, -0.1) is 0 Å². The molecule has 0 unspecified atom stereocenters. The number of hydrogen-bond acceptors (Lipinski definition) is 5. The highest BCUT2D eigenvalue weighted by molar-refractivity contribution is 5.75. The van der Waals surface area contributed by atoms with Gasteiger partial charge in [-0.05, 0) is 0 Å². The fourth-order valence-corrected chi connectivity index (χ4v) is 0.933. The summed E-state index contributed by atoms with van der Waals surface area (Å²) >= 11 is 0. The van der Waals surface area contributed by atoms with Crippen molar-refractivity contribution in [3.63, 3.8) is 0 Å². The lowest BCUT2D eigenvalue weighted by atomic mass is 10.5. The Bertz CT molecular complexity index is 83.8. The first-order chi connectivity index (χ1) is 6.41. The third-order valence-electron chi connectivity index (χ3n) is 1.60. The van der Waals surface area contributed by atoms with Gasteiger partial charge in [0.1, 0.15) is 0 Å². The molecular formula is C8H26BN5. The van der Waals surface area contributed by atoms with E-state index in [0.717, 1.165) is 39.3 Å². The van der Waals surface area contributed by atoms with Crippen molar-refractivity contribution in [1.29, 1.82) is 0 Å². The Kier molecular flexibility index (Phi) is 17.9. The van der Waals surface area contributed by atoms with E-state index in [2.05, 4.69) is 16.0 Å². The first-order valence-electron chi connectivity index (χ1n) is 4.94. The van der Waals surface area contributed by atoms with Gasteiger partial charge < -0.3 is 27.4 Å². The van der Waals surface area contributed by atoms with E-state index < -0.39 is 0 Å². The van der Waals surface area contributed by atoms with Crippen molar-refractivity contribution in [2.45, 2.75) is 0 Å². The van der Waals surface area contributed by atoms with Gasteiger partial charge in [0.15, 0.2) is 0 Å². The molecule has 0 bridgehead atoms. The second-order valence-electron chi connectivity index (χ2n) is 2.83. The summed E-state index contributed by atoms with van der Waals surface area (Å²) in [4.78, 5) is 0. The van der Waals surface area contributed by atoms with Crippen LogP contribution in [0.25, 0.3) is 0 Å². The van der Waals surface area contributed by atoms with Crippen molar-refractivity contribution in [1.82, 2.24) is 16.0 Å². The summed E-state index contributed by atoms with van der Waals surface area (Å²) in [6.45, 7) is 7.15. The van der Waals surface area contributed by atoms with E-state index in [9.17, 15) is 0 Å². The highest BCUT2D eigenvalue weighted by atomic mass is 15.0. The van der Waals surface area contributed by atoms with E-state index in [4.69, 9.17) is 11.5 Å². The van der Waals surface area contributed by atoms with Crippen LogP contribution in [0.3, 0.4) is 0 Å². The zero-order valence-electron chi connectivity index (χ0n) is 8.31. The Balaban J connectivity index is 0. The van der Waals surface area contributed by atoms with E-state index in [1.165, 1.54) is 0 Å². The van der Waals surface area contributed by atoms with Gasteiger partial charge in [0, 0.05) is 52.4 Å². The molecule has 0 aromatic heterocycles. The Morgan fingerprint density at radius 3 is 1.14 bits per heavy atom. The fraction of sp³-hybridized carbons (Fsp3) is 1.00. The van der Waals surface area contributed by atoms with Gasteiger partial charge in [0.25, 0.3) is 0 Å². The summed E-state index contributed by atoms with van der Waals surface area (Å²) in [6.07, 6.45) is 0. The lowest BCUT2D eigenvalue weighted by molar-refractivity contribution is 0.586. The first kappa shape index (κ1) is 16.3. The van der Waals surface area contributed by atoms with E-state index in [1.807, 2.05) is 0 Å². The minimum Gasteiger partial charge on any atom is -0.329 e. The van der Waals surface area contributed by atoms with Crippen LogP contribution in [0.15, 0.2) is 0 Å². The molecular weight excluding hydrogens is 177 g/mol. The summed E-state index contributed by atoms with van der Waals surface area (Å²) in [6, 6.07) is 0. The topological polar surface area (TPSA) is 88.1 Å². The average Bonchev–Trinajstić information content (AvgIpc) is 2.16. The molecule has 14 heavy (non-hydrogen) atoms. The van der Waals surface area contributed by atoms with Crippen molar-refractivity contribution in [3.8, 4) is 0 Å². The van der Waals surface area contributed by atoms with Gasteiger partial charge in [-0.1, -0.05) is 0 Å². The molecule has 0 saturated heterocycles. The molecule has 0 heterocycles. The van der Waals surface area contributed by atoms with Crippen LogP contribution in [0.4, 0.5) is 0 Å². The van der Waals surface area contributed by atoms with Gasteiger partial charge in [-0.25, -0.2) is 0 Å². The van der Waals surface area contributed by atoms with Crippen molar-refractivity contribution in [3.05, 3.63) is 0 Å². The molecule has 0 aliphatic heterocycles. The second kappa shape index (κ2) is 15.3. The van der Waals surface area contributed by atoms with Crippen molar-refractivity contribution < 1.29 is 0 Å². The van der Waals surface area contributed by atoms with E-state index in [-0.39, 0.29) is 8.41 Å². The highest BCUT2D eigenvalue weighted by Crippen LogP contribution is 1.60. The maximum absolute atomic E-state index is 5.32. The lowest BCUT2D eigenvalue weighted by Crippen LogP contribution is -2.35. The van der Waals surface area contributed by atoms with Crippen LogP contribution >= 0.6 is 0 Å². The molecule has 0 saturated carbocycles. The Morgan fingerprint density at radius 1 is 0.571 bits per heavy atom. The summed E-state index contributed by atoms with van der Waals surface area (Å²) < 4.78 is 0. The van der Waals surface area contributed by atoms with E-state index in [1.54, 1.807) is 0 Å². The van der Waals surface area contributed by atoms with Crippen LogP contribution in [-0.4, -0.2) is 60.8 Å². The summed E-state index contributed by atoms with van der Waals surface area (Å²) in [5.74, 6) is 0. The van der Waals surface area contributed by atoms with Gasteiger partial charge >= 0.3 is 0 Å². The predicted octanol–water partition coefficient (Wildman–Crippen LogP) is -3.51. The molecule has 0 aliphatic rings. The molecule has 5 nitrogen and oxygen atoms in total. The molecule has 0 spiro atoms. The maximum atomic E-state index is 5.32. The third-order valence-corrected chi connectivity index (χ3v) is 1.60. The summed E-state index contributed by atoms with van der Waals surface area (Å²) in [5.41, 5.74) is 10.6. The quantitative estimate of drug-likeness (QED) is 0.188. The average molecular weight is 203 g/mol. The minimum absolute atomic E-state index is 0. The van der Waals surface area contributed by atoms with Crippen LogP contribution in [0.5, 0.6) is 0 Å². The lowest BCUT2D eigenvalue weighted by Gasteiger charge is -2.06. The molecule has 86 valence electrons. The van der Waals surface area contributed by atoms with E-state index >= 15 is 0 Å². The molecule has 0 fully saturated rings. The van der Waals surface area contributed by atoms with Crippen LogP contribution < -0.4 is 27.4 Å². The monoisotopic (exact) mass is 203 g/mol.